The molecule has 0 saturated carbocycles. The highest BCUT2D eigenvalue weighted by Crippen LogP contribution is 2.24. The molecular formula is C12H26N2O. The maximum absolute atomic E-state index is 5.87. The van der Waals surface area contributed by atoms with Crippen molar-refractivity contribution in [1.29, 1.82) is 0 Å². The largest absolute Gasteiger partial charge is 0.378 e. The minimum atomic E-state index is 0.192. The van der Waals surface area contributed by atoms with Gasteiger partial charge in [-0.1, -0.05) is 6.92 Å². The third kappa shape index (κ3) is 3.16. The van der Waals surface area contributed by atoms with Gasteiger partial charge < -0.3 is 10.5 Å². The Morgan fingerprint density at radius 2 is 1.93 bits per heavy atom. The Bertz CT molecular complexity index is 172. The van der Waals surface area contributed by atoms with Crippen LogP contribution in [0.2, 0.25) is 0 Å². The van der Waals surface area contributed by atoms with E-state index in [1.807, 2.05) is 0 Å². The van der Waals surface area contributed by atoms with Gasteiger partial charge >= 0.3 is 0 Å². The molecule has 3 nitrogen and oxygen atoms in total. The Labute approximate surface area is 94.0 Å². The van der Waals surface area contributed by atoms with Crippen molar-refractivity contribution in [3.05, 3.63) is 0 Å². The van der Waals surface area contributed by atoms with Gasteiger partial charge in [0.1, 0.15) is 0 Å². The second-order valence-electron chi connectivity index (χ2n) is 4.70. The fourth-order valence-electron chi connectivity index (χ4n) is 2.30. The first-order chi connectivity index (χ1) is 7.16. The van der Waals surface area contributed by atoms with Crippen LogP contribution < -0.4 is 5.73 Å². The monoisotopic (exact) mass is 214 g/mol. The van der Waals surface area contributed by atoms with Gasteiger partial charge in [-0.2, -0.15) is 0 Å². The number of hydrogen-bond donors (Lipinski definition) is 1. The molecule has 1 fully saturated rings. The predicted molar refractivity (Wildman–Crippen MR) is 64.0 cm³/mol. The van der Waals surface area contributed by atoms with Crippen molar-refractivity contribution in [2.45, 2.75) is 51.7 Å². The van der Waals surface area contributed by atoms with Crippen LogP contribution in [0, 0.1) is 0 Å². The minimum Gasteiger partial charge on any atom is -0.378 e. The highest BCUT2D eigenvalue weighted by Gasteiger charge is 2.31. The summed E-state index contributed by atoms with van der Waals surface area (Å²) in [7, 11) is 0. The number of ether oxygens (including phenoxy) is 1. The van der Waals surface area contributed by atoms with Crippen LogP contribution in [0.5, 0.6) is 0 Å². The third-order valence-electron chi connectivity index (χ3n) is 3.81. The standard InChI is InChI=1S/C12H26N2O/c1-4-12(3,10-13)14-8-6-11(7-9-14)15-5-2/h11H,4-10,13H2,1-3H3. The van der Waals surface area contributed by atoms with Gasteiger partial charge in [0.25, 0.3) is 0 Å². The molecule has 0 radical (unpaired) electrons. The first-order valence-corrected chi connectivity index (χ1v) is 6.23. The van der Waals surface area contributed by atoms with Gasteiger partial charge in [-0.15, -0.1) is 0 Å². The van der Waals surface area contributed by atoms with E-state index in [1.54, 1.807) is 0 Å². The van der Waals surface area contributed by atoms with Crippen molar-refractivity contribution in [2.75, 3.05) is 26.2 Å². The second kappa shape index (κ2) is 5.83. The fourth-order valence-corrected chi connectivity index (χ4v) is 2.30. The highest BCUT2D eigenvalue weighted by atomic mass is 16.5. The lowest BCUT2D eigenvalue weighted by Gasteiger charge is -2.44. The first-order valence-electron chi connectivity index (χ1n) is 6.23. The van der Waals surface area contributed by atoms with E-state index in [4.69, 9.17) is 10.5 Å². The molecule has 0 spiro atoms. The van der Waals surface area contributed by atoms with Crippen LogP contribution >= 0.6 is 0 Å². The van der Waals surface area contributed by atoms with E-state index < -0.39 is 0 Å². The van der Waals surface area contributed by atoms with Crippen LogP contribution in [-0.2, 0) is 4.74 Å². The minimum absolute atomic E-state index is 0.192. The van der Waals surface area contributed by atoms with Crippen molar-refractivity contribution in [1.82, 2.24) is 4.90 Å². The maximum atomic E-state index is 5.87. The van der Waals surface area contributed by atoms with Crippen molar-refractivity contribution in [2.24, 2.45) is 5.73 Å². The van der Waals surface area contributed by atoms with Crippen molar-refractivity contribution in [3.63, 3.8) is 0 Å². The molecule has 1 atom stereocenters. The average molecular weight is 214 g/mol. The number of piperidine rings is 1. The molecule has 0 aliphatic carbocycles. The number of rotatable bonds is 5. The van der Waals surface area contributed by atoms with E-state index in [2.05, 4.69) is 25.7 Å². The highest BCUT2D eigenvalue weighted by molar-refractivity contribution is 4.89. The zero-order valence-corrected chi connectivity index (χ0v) is 10.5. The van der Waals surface area contributed by atoms with Gasteiger partial charge in [0.05, 0.1) is 6.10 Å². The Morgan fingerprint density at radius 3 is 2.33 bits per heavy atom. The molecule has 3 heteroatoms. The molecule has 0 bridgehead atoms. The molecule has 1 heterocycles. The van der Waals surface area contributed by atoms with E-state index in [0.717, 1.165) is 45.5 Å². The lowest BCUT2D eigenvalue weighted by molar-refractivity contribution is -0.0147. The molecule has 1 rings (SSSR count). The van der Waals surface area contributed by atoms with Crippen LogP contribution in [-0.4, -0.2) is 42.8 Å². The van der Waals surface area contributed by atoms with Crippen LogP contribution in [0.15, 0.2) is 0 Å². The fraction of sp³-hybridized carbons (Fsp3) is 1.00. The molecule has 0 aromatic carbocycles. The van der Waals surface area contributed by atoms with Gasteiger partial charge in [0.2, 0.25) is 0 Å². The van der Waals surface area contributed by atoms with Gasteiger partial charge in [0, 0.05) is 31.8 Å². The summed E-state index contributed by atoms with van der Waals surface area (Å²) >= 11 is 0. The van der Waals surface area contributed by atoms with Gasteiger partial charge in [0.15, 0.2) is 0 Å². The Morgan fingerprint density at radius 1 is 1.33 bits per heavy atom. The molecule has 1 unspecified atom stereocenters. The molecule has 1 saturated heterocycles. The molecule has 0 aromatic rings. The maximum Gasteiger partial charge on any atom is 0.0599 e. The SMILES string of the molecule is CCOC1CCN(C(C)(CC)CN)CC1. The molecule has 2 N–H and O–H groups in total. The summed E-state index contributed by atoms with van der Waals surface area (Å²) in [5.41, 5.74) is 6.06. The summed E-state index contributed by atoms with van der Waals surface area (Å²) in [6.07, 6.45) is 3.92. The van der Waals surface area contributed by atoms with Crippen LogP contribution in [0.4, 0.5) is 0 Å². The van der Waals surface area contributed by atoms with E-state index in [0.29, 0.717) is 6.10 Å². The lowest BCUT2D eigenvalue weighted by Crippen LogP contribution is -2.54. The molecule has 0 amide bonds. The van der Waals surface area contributed by atoms with Crippen LogP contribution in [0.25, 0.3) is 0 Å². The van der Waals surface area contributed by atoms with E-state index in [9.17, 15) is 0 Å². The summed E-state index contributed by atoms with van der Waals surface area (Å²) < 4.78 is 5.65. The quantitative estimate of drug-likeness (QED) is 0.755. The Balaban J connectivity index is 2.42. The van der Waals surface area contributed by atoms with Crippen molar-refractivity contribution in [3.8, 4) is 0 Å². The van der Waals surface area contributed by atoms with Crippen LogP contribution in [0.1, 0.15) is 40.0 Å². The average Bonchev–Trinajstić information content (AvgIpc) is 2.29. The van der Waals surface area contributed by atoms with Crippen molar-refractivity contribution >= 4 is 0 Å². The third-order valence-corrected chi connectivity index (χ3v) is 3.81. The summed E-state index contributed by atoms with van der Waals surface area (Å²) in [6, 6.07) is 0. The topological polar surface area (TPSA) is 38.5 Å². The van der Waals surface area contributed by atoms with Crippen molar-refractivity contribution < 1.29 is 4.74 Å². The Kier molecular flexibility index (Phi) is 5.03. The number of hydrogen-bond acceptors (Lipinski definition) is 3. The molecule has 15 heavy (non-hydrogen) atoms. The normalized spacial score (nSPS) is 24.0. The number of likely N-dealkylation sites (tertiary alicyclic amines) is 1. The number of nitrogens with two attached hydrogens (primary N) is 1. The summed E-state index contributed by atoms with van der Waals surface area (Å²) in [5, 5.41) is 0. The second-order valence-corrected chi connectivity index (χ2v) is 4.70. The van der Waals surface area contributed by atoms with Crippen LogP contribution in [0.3, 0.4) is 0 Å². The Hall–Kier alpha value is -0.120. The zero-order chi connectivity index (χ0) is 11.3. The molecule has 1 aliphatic rings. The zero-order valence-electron chi connectivity index (χ0n) is 10.5. The van der Waals surface area contributed by atoms with Gasteiger partial charge in [-0.05, 0) is 33.1 Å². The molecule has 1 aliphatic heterocycles. The molecular weight excluding hydrogens is 188 g/mol. The molecule has 90 valence electrons. The molecule has 0 aromatic heterocycles. The van der Waals surface area contributed by atoms with E-state index in [-0.39, 0.29) is 5.54 Å². The first kappa shape index (κ1) is 12.9. The smallest absolute Gasteiger partial charge is 0.0599 e. The summed E-state index contributed by atoms with van der Waals surface area (Å²) in [6.45, 7) is 10.4. The van der Waals surface area contributed by atoms with Gasteiger partial charge in [-0.25, -0.2) is 0 Å². The predicted octanol–water partition coefficient (Wildman–Crippen LogP) is 1.61. The summed E-state index contributed by atoms with van der Waals surface area (Å²) in [4.78, 5) is 2.53. The van der Waals surface area contributed by atoms with E-state index in [1.165, 1.54) is 0 Å². The summed E-state index contributed by atoms with van der Waals surface area (Å²) in [5.74, 6) is 0. The number of nitrogens with zero attached hydrogens (tertiary/aromatic N) is 1. The lowest BCUT2D eigenvalue weighted by atomic mass is 9.93. The van der Waals surface area contributed by atoms with Gasteiger partial charge in [-0.3, -0.25) is 4.90 Å². The van der Waals surface area contributed by atoms with E-state index >= 15 is 0 Å².